The largest absolute Gasteiger partial charge is 0.391 e. The number of hydrogen-bond acceptors (Lipinski definition) is 7. The van der Waals surface area contributed by atoms with Gasteiger partial charge in [-0.05, 0) is 11.6 Å². The number of rotatable bonds is 10. The maximum Gasteiger partial charge on any atom is 0.275 e. The summed E-state index contributed by atoms with van der Waals surface area (Å²) in [4.78, 5) is 33.0. The number of benzene rings is 1. The predicted molar refractivity (Wildman–Crippen MR) is 89.8 cm³/mol. The molecule has 2 amide bonds. The number of carbonyl (C=O) groups excluding carboxylic acids is 2. The molecule has 1 aromatic rings. The van der Waals surface area contributed by atoms with Crippen molar-refractivity contribution in [1.82, 2.24) is 10.7 Å². The number of aliphatic hydroxyl groups is 1. The third-order valence-electron chi connectivity index (χ3n) is 3.11. The Labute approximate surface area is 143 Å². The van der Waals surface area contributed by atoms with Gasteiger partial charge in [0.2, 0.25) is 11.8 Å². The maximum atomic E-state index is 11.7. The summed E-state index contributed by atoms with van der Waals surface area (Å²) in [5.74, 6) is 5.65. The fourth-order valence-corrected chi connectivity index (χ4v) is 2.68. The van der Waals surface area contributed by atoms with Gasteiger partial charge in [0.25, 0.3) is 5.69 Å². The summed E-state index contributed by atoms with van der Waals surface area (Å²) in [6, 6.07) is 4.43. The Morgan fingerprint density at radius 1 is 1.25 bits per heavy atom. The summed E-state index contributed by atoms with van der Waals surface area (Å²) in [7, 11) is 0. The maximum absolute atomic E-state index is 11.7. The van der Waals surface area contributed by atoms with Crippen LogP contribution in [0.3, 0.4) is 0 Å². The van der Waals surface area contributed by atoms with Gasteiger partial charge in [0.05, 0.1) is 17.1 Å². The van der Waals surface area contributed by atoms with Gasteiger partial charge in [0.15, 0.2) is 0 Å². The third kappa shape index (κ3) is 6.94. The minimum Gasteiger partial charge on any atom is -0.391 e. The Balaban J connectivity index is 2.35. The first-order valence-electron chi connectivity index (χ1n) is 7.19. The number of nitro groups is 1. The van der Waals surface area contributed by atoms with E-state index in [1.807, 2.05) is 5.43 Å². The van der Waals surface area contributed by atoms with Crippen molar-refractivity contribution >= 4 is 29.3 Å². The summed E-state index contributed by atoms with van der Waals surface area (Å²) in [6.45, 7) is -0.242. The fourth-order valence-electron chi connectivity index (χ4n) is 1.82. The molecule has 0 spiro atoms. The number of nitro benzene ring substituents is 1. The lowest BCUT2D eigenvalue weighted by Crippen LogP contribution is -2.30. The molecule has 24 heavy (non-hydrogen) atoms. The van der Waals surface area contributed by atoms with Crippen molar-refractivity contribution in [2.75, 3.05) is 11.5 Å². The normalized spacial score (nSPS) is 10.2. The van der Waals surface area contributed by atoms with Crippen molar-refractivity contribution in [3.8, 4) is 0 Å². The van der Waals surface area contributed by atoms with Gasteiger partial charge in [-0.25, -0.2) is 5.84 Å². The molecular formula is C14H20N4O5S. The number of nitrogens with one attached hydrogen (secondary N) is 2. The van der Waals surface area contributed by atoms with Crippen LogP contribution < -0.4 is 16.6 Å². The number of hydrazine groups is 1. The van der Waals surface area contributed by atoms with Gasteiger partial charge in [-0.15, -0.1) is 0 Å². The first kappa shape index (κ1) is 19.9. The molecule has 9 nitrogen and oxygen atoms in total. The molecule has 0 aromatic heterocycles. The van der Waals surface area contributed by atoms with Crippen LogP contribution in [0.4, 0.5) is 5.69 Å². The summed E-state index contributed by atoms with van der Waals surface area (Å²) < 4.78 is 0. The Morgan fingerprint density at radius 2 is 1.92 bits per heavy atom. The first-order chi connectivity index (χ1) is 11.5. The van der Waals surface area contributed by atoms with Gasteiger partial charge >= 0.3 is 0 Å². The van der Waals surface area contributed by atoms with Crippen molar-refractivity contribution in [3.05, 3.63) is 39.4 Å². The van der Waals surface area contributed by atoms with E-state index in [0.29, 0.717) is 23.5 Å². The smallest absolute Gasteiger partial charge is 0.275 e. The minimum absolute atomic E-state index is 0.169. The van der Waals surface area contributed by atoms with E-state index in [1.54, 1.807) is 6.07 Å². The van der Waals surface area contributed by atoms with Gasteiger partial charge in [0, 0.05) is 37.0 Å². The van der Waals surface area contributed by atoms with Gasteiger partial charge in [0.1, 0.15) is 0 Å². The van der Waals surface area contributed by atoms with E-state index < -0.39 is 11.5 Å². The molecule has 10 heteroatoms. The molecule has 0 unspecified atom stereocenters. The lowest BCUT2D eigenvalue weighted by Gasteiger charge is -2.07. The number of thioether (sulfide) groups is 1. The Morgan fingerprint density at radius 3 is 2.50 bits per heavy atom. The molecule has 0 radical (unpaired) electrons. The molecule has 0 saturated heterocycles. The summed E-state index contributed by atoms with van der Waals surface area (Å²) >= 11 is 1.46. The van der Waals surface area contributed by atoms with Crippen LogP contribution in [0, 0.1) is 10.1 Å². The molecule has 0 atom stereocenters. The fraction of sp³-hybridized carbons (Fsp3) is 0.429. The van der Waals surface area contributed by atoms with E-state index in [0.717, 1.165) is 0 Å². The molecule has 0 heterocycles. The van der Waals surface area contributed by atoms with Gasteiger partial charge < -0.3 is 10.4 Å². The van der Waals surface area contributed by atoms with E-state index >= 15 is 0 Å². The Hall–Kier alpha value is -2.17. The second-order valence-electron chi connectivity index (χ2n) is 4.83. The SMILES string of the molecule is NNC(=O)CCSCCC(=O)NCc1ccc(CO)c([N+](=O)[O-])c1. The molecule has 1 aromatic carbocycles. The van der Waals surface area contributed by atoms with Gasteiger partial charge in [-0.1, -0.05) is 6.07 Å². The minimum atomic E-state index is -0.564. The summed E-state index contributed by atoms with van der Waals surface area (Å²) in [5, 5.41) is 22.6. The zero-order chi connectivity index (χ0) is 17.9. The highest BCUT2D eigenvalue weighted by Crippen LogP contribution is 2.20. The van der Waals surface area contributed by atoms with Crippen molar-refractivity contribution in [1.29, 1.82) is 0 Å². The monoisotopic (exact) mass is 356 g/mol. The summed E-state index contributed by atoms with van der Waals surface area (Å²) in [6.07, 6.45) is 0.579. The van der Waals surface area contributed by atoms with E-state index in [1.165, 1.54) is 23.9 Å². The highest BCUT2D eigenvalue weighted by Gasteiger charge is 2.14. The number of nitrogens with zero attached hydrogens (tertiary/aromatic N) is 1. The van der Waals surface area contributed by atoms with Crippen LogP contribution in [0.2, 0.25) is 0 Å². The third-order valence-corrected chi connectivity index (χ3v) is 4.10. The molecule has 0 aliphatic heterocycles. The molecule has 1 rings (SSSR count). The predicted octanol–water partition coefficient (Wildman–Crippen LogP) is 0.207. The van der Waals surface area contributed by atoms with Crippen molar-refractivity contribution < 1.29 is 19.6 Å². The van der Waals surface area contributed by atoms with Gasteiger partial charge in [-0.3, -0.25) is 25.1 Å². The molecule has 5 N–H and O–H groups in total. The highest BCUT2D eigenvalue weighted by molar-refractivity contribution is 7.99. The van der Waals surface area contributed by atoms with Crippen LogP contribution in [-0.4, -0.2) is 33.3 Å². The van der Waals surface area contributed by atoms with Gasteiger partial charge in [-0.2, -0.15) is 11.8 Å². The van der Waals surface area contributed by atoms with Crippen LogP contribution in [0.1, 0.15) is 24.0 Å². The second kappa shape index (κ2) is 10.6. The number of carbonyl (C=O) groups is 2. The topological polar surface area (TPSA) is 148 Å². The molecule has 0 fully saturated rings. The highest BCUT2D eigenvalue weighted by atomic mass is 32.2. The number of hydrogen-bond donors (Lipinski definition) is 4. The molecule has 0 saturated carbocycles. The molecule has 132 valence electrons. The van der Waals surface area contributed by atoms with E-state index in [4.69, 9.17) is 10.9 Å². The standard InChI is InChI=1S/C14H20N4O5S/c15-17-14(21)4-6-24-5-3-13(20)16-8-10-1-2-11(9-19)12(7-10)18(22)23/h1-2,7,19H,3-6,8-9,15H2,(H,16,20)(H,17,21). The number of aliphatic hydroxyl groups excluding tert-OH is 1. The molecule has 0 bridgehead atoms. The summed E-state index contributed by atoms with van der Waals surface area (Å²) in [5.41, 5.74) is 2.67. The molecule has 0 aliphatic carbocycles. The van der Waals surface area contributed by atoms with Crippen LogP contribution in [0.15, 0.2) is 18.2 Å². The van der Waals surface area contributed by atoms with E-state index in [9.17, 15) is 19.7 Å². The molecular weight excluding hydrogens is 336 g/mol. The lowest BCUT2D eigenvalue weighted by molar-refractivity contribution is -0.385. The van der Waals surface area contributed by atoms with E-state index in [2.05, 4.69) is 5.32 Å². The Kier molecular flexibility index (Phi) is 8.76. The first-order valence-corrected chi connectivity index (χ1v) is 8.34. The van der Waals surface area contributed by atoms with Crippen LogP contribution in [-0.2, 0) is 22.7 Å². The zero-order valence-corrected chi connectivity index (χ0v) is 13.8. The average molecular weight is 356 g/mol. The van der Waals surface area contributed by atoms with Crippen molar-refractivity contribution in [2.24, 2.45) is 5.84 Å². The second-order valence-corrected chi connectivity index (χ2v) is 6.06. The Bertz CT molecular complexity index is 597. The lowest BCUT2D eigenvalue weighted by atomic mass is 10.1. The van der Waals surface area contributed by atoms with Crippen molar-refractivity contribution in [2.45, 2.75) is 26.0 Å². The van der Waals surface area contributed by atoms with Crippen LogP contribution in [0.5, 0.6) is 0 Å². The number of amides is 2. The van der Waals surface area contributed by atoms with Crippen molar-refractivity contribution in [3.63, 3.8) is 0 Å². The zero-order valence-electron chi connectivity index (χ0n) is 13.0. The van der Waals surface area contributed by atoms with E-state index in [-0.39, 0.29) is 36.0 Å². The quantitative estimate of drug-likeness (QED) is 0.154. The average Bonchev–Trinajstić information content (AvgIpc) is 2.58. The molecule has 0 aliphatic rings. The number of nitrogens with two attached hydrogens (primary N) is 1. The van der Waals surface area contributed by atoms with Crippen LogP contribution >= 0.6 is 11.8 Å². The van der Waals surface area contributed by atoms with Crippen LogP contribution in [0.25, 0.3) is 0 Å².